The van der Waals surface area contributed by atoms with Gasteiger partial charge in [-0.1, -0.05) is 30.6 Å². The zero-order valence-corrected chi connectivity index (χ0v) is 19.1. The Morgan fingerprint density at radius 1 is 1.12 bits per heavy atom. The van der Waals surface area contributed by atoms with E-state index >= 15 is 0 Å². The van der Waals surface area contributed by atoms with Gasteiger partial charge in [-0.15, -0.1) is 0 Å². The lowest BCUT2D eigenvalue weighted by Crippen LogP contribution is -2.50. The maximum Gasteiger partial charge on any atom is 0.322 e. The molecule has 1 aromatic heterocycles. The first kappa shape index (κ1) is 22.0. The van der Waals surface area contributed by atoms with Gasteiger partial charge in [0.05, 0.1) is 12.8 Å². The van der Waals surface area contributed by atoms with Gasteiger partial charge in [0.2, 0.25) is 11.7 Å². The topological polar surface area (TPSA) is 83.7 Å². The molecule has 4 rings (SSSR count). The Kier molecular flexibility index (Phi) is 6.50. The fourth-order valence-electron chi connectivity index (χ4n) is 3.55. The van der Waals surface area contributed by atoms with Crippen molar-refractivity contribution in [1.82, 2.24) is 15.0 Å². The lowest BCUT2D eigenvalue weighted by Gasteiger charge is -2.36. The number of nitrogens with one attached hydrogen (secondary N) is 1. The van der Waals surface area contributed by atoms with Gasteiger partial charge in [0, 0.05) is 48.4 Å². The third-order valence-electron chi connectivity index (χ3n) is 5.40. The fraction of sp³-hybridized carbons (Fsp3) is 0.348. The number of nitrogens with zero attached hydrogens (tertiary/aromatic N) is 4. The van der Waals surface area contributed by atoms with E-state index in [0.717, 1.165) is 24.3 Å². The molecule has 1 aliphatic rings. The van der Waals surface area contributed by atoms with Crippen LogP contribution in [0.3, 0.4) is 0 Å². The Balaban J connectivity index is 1.35. The van der Waals surface area contributed by atoms with Crippen LogP contribution >= 0.6 is 11.6 Å². The fourth-order valence-corrected chi connectivity index (χ4v) is 3.72. The number of hydrogen-bond acceptors (Lipinski definition) is 6. The zero-order chi connectivity index (χ0) is 22.7. The van der Waals surface area contributed by atoms with Crippen LogP contribution in [0.5, 0.6) is 5.75 Å². The Labute approximate surface area is 192 Å². The van der Waals surface area contributed by atoms with E-state index in [4.69, 9.17) is 20.9 Å². The molecule has 8 nitrogen and oxygen atoms in total. The predicted octanol–water partition coefficient (Wildman–Crippen LogP) is 4.88. The van der Waals surface area contributed by atoms with Gasteiger partial charge in [0.25, 0.3) is 0 Å². The summed E-state index contributed by atoms with van der Waals surface area (Å²) in [6.45, 7) is 6.73. The van der Waals surface area contributed by atoms with E-state index in [0.29, 0.717) is 41.3 Å². The van der Waals surface area contributed by atoms with Gasteiger partial charge < -0.3 is 24.4 Å². The van der Waals surface area contributed by atoms with Crippen LogP contribution in [0.1, 0.15) is 25.7 Å². The van der Waals surface area contributed by atoms with Crippen molar-refractivity contribution < 1.29 is 14.1 Å². The number of benzene rings is 2. The lowest BCUT2D eigenvalue weighted by atomic mass is 10.1. The van der Waals surface area contributed by atoms with E-state index in [1.807, 2.05) is 38.1 Å². The first-order valence-electron chi connectivity index (χ1n) is 10.5. The second-order valence-electron chi connectivity index (χ2n) is 7.91. The van der Waals surface area contributed by atoms with E-state index in [9.17, 15) is 4.79 Å². The molecular weight excluding hydrogens is 430 g/mol. The van der Waals surface area contributed by atoms with Crippen LogP contribution in [-0.4, -0.2) is 54.4 Å². The molecule has 1 saturated heterocycles. The molecule has 1 N–H and O–H groups in total. The molecule has 2 heterocycles. The highest BCUT2D eigenvalue weighted by Crippen LogP contribution is 2.28. The average molecular weight is 456 g/mol. The van der Waals surface area contributed by atoms with Crippen molar-refractivity contribution in [3.8, 4) is 17.1 Å². The first-order chi connectivity index (χ1) is 15.4. The number of carbonyl (C=O) groups excluding carboxylic acids is 1. The predicted molar refractivity (Wildman–Crippen MR) is 125 cm³/mol. The van der Waals surface area contributed by atoms with Gasteiger partial charge in [-0.2, -0.15) is 4.98 Å². The molecule has 0 atom stereocenters. The number of halogens is 1. The number of aromatic nitrogens is 2. The normalized spacial score (nSPS) is 14.0. The molecule has 1 aliphatic heterocycles. The van der Waals surface area contributed by atoms with Crippen LogP contribution in [0, 0.1) is 0 Å². The number of urea groups is 1. The summed E-state index contributed by atoms with van der Waals surface area (Å²) in [6.07, 6.45) is 0. The molecule has 1 fully saturated rings. The van der Waals surface area contributed by atoms with Crippen molar-refractivity contribution in [2.45, 2.75) is 19.8 Å². The quantitative estimate of drug-likeness (QED) is 0.590. The molecule has 2 amide bonds. The molecule has 0 spiro atoms. The SMILES string of the molecule is COc1ccc(Cl)cc1NC(=O)N1CCN(c2ccc(-c3noc(C(C)C)n3)cc2)CC1. The van der Waals surface area contributed by atoms with Gasteiger partial charge in [-0.25, -0.2) is 4.79 Å². The van der Waals surface area contributed by atoms with Gasteiger partial charge in [-0.3, -0.25) is 0 Å². The second kappa shape index (κ2) is 9.48. The minimum absolute atomic E-state index is 0.168. The number of hydrogen-bond donors (Lipinski definition) is 1. The molecule has 0 aliphatic carbocycles. The summed E-state index contributed by atoms with van der Waals surface area (Å²) in [5.74, 6) is 2.00. The highest BCUT2D eigenvalue weighted by atomic mass is 35.5. The number of carbonyl (C=O) groups is 1. The van der Waals surface area contributed by atoms with Crippen molar-refractivity contribution in [3.63, 3.8) is 0 Å². The Bertz CT molecular complexity index is 1080. The van der Waals surface area contributed by atoms with Crippen LogP contribution in [-0.2, 0) is 0 Å². The molecule has 168 valence electrons. The number of rotatable bonds is 5. The van der Waals surface area contributed by atoms with Crippen LogP contribution < -0.4 is 15.0 Å². The Morgan fingerprint density at radius 3 is 2.47 bits per heavy atom. The van der Waals surface area contributed by atoms with Crippen molar-refractivity contribution in [2.24, 2.45) is 0 Å². The van der Waals surface area contributed by atoms with Crippen LogP contribution in [0.15, 0.2) is 47.0 Å². The Hall–Kier alpha value is -3.26. The summed E-state index contributed by atoms with van der Waals surface area (Å²) in [5, 5.41) is 7.50. The molecule has 2 aromatic carbocycles. The number of amides is 2. The van der Waals surface area contributed by atoms with E-state index in [-0.39, 0.29) is 11.9 Å². The van der Waals surface area contributed by atoms with Gasteiger partial charge in [0.1, 0.15) is 5.75 Å². The summed E-state index contributed by atoms with van der Waals surface area (Å²) in [7, 11) is 1.56. The summed E-state index contributed by atoms with van der Waals surface area (Å²) < 4.78 is 10.6. The molecule has 0 unspecified atom stereocenters. The second-order valence-corrected chi connectivity index (χ2v) is 8.34. The molecule has 0 bridgehead atoms. The van der Waals surface area contributed by atoms with E-state index in [1.165, 1.54) is 0 Å². The first-order valence-corrected chi connectivity index (χ1v) is 10.9. The largest absolute Gasteiger partial charge is 0.495 e. The summed E-state index contributed by atoms with van der Waals surface area (Å²) in [4.78, 5) is 21.2. The molecule has 3 aromatic rings. The highest BCUT2D eigenvalue weighted by Gasteiger charge is 2.22. The molecule has 32 heavy (non-hydrogen) atoms. The minimum atomic E-state index is -0.168. The highest BCUT2D eigenvalue weighted by molar-refractivity contribution is 6.31. The zero-order valence-electron chi connectivity index (χ0n) is 18.3. The molecular formula is C23H26ClN5O3. The summed E-state index contributed by atoms with van der Waals surface area (Å²) >= 11 is 6.05. The molecule has 0 radical (unpaired) electrons. The van der Waals surface area contributed by atoms with Crippen LogP contribution in [0.2, 0.25) is 5.02 Å². The third kappa shape index (κ3) is 4.80. The van der Waals surface area contributed by atoms with E-state index in [2.05, 4.69) is 20.4 Å². The monoisotopic (exact) mass is 455 g/mol. The van der Waals surface area contributed by atoms with Gasteiger partial charge >= 0.3 is 6.03 Å². The molecule has 0 saturated carbocycles. The number of ether oxygens (including phenoxy) is 1. The van der Waals surface area contributed by atoms with Crippen molar-refractivity contribution in [2.75, 3.05) is 43.5 Å². The smallest absolute Gasteiger partial charge is 0.322 e. The van der Waals surface area contributed by atoms with Gasteiger partial charge in [0.15, 0.2) is 0 Å². The van der Waals surface area contributed by atoms with Crippen molar-refractivity contribution >= 4 is 29.0 Å². The standard InChI is InChI=1S/C23H26ClN5O3/c1-15(2)22-26-21(27-32-22)16-4-7-18(8-5-16)28-10-12-29(13-11-28)23(30)25-19-14-17(24)6-9-20(19)31-3/h4-9,14-15H,10-13H2,1-3H3,(H,25,30). The van der Waals surface area contributed by atoms with Crippen LogP contribution in [0.25, 0.3) is 11.4 Å². The van der Waals surface area contributed by atoms with Crippen LogP contribution in [0.4, 0.5) is 16.2 Å². The number of methoxy groups -OCH3 is 1. The van der Waals surface area contributed by atoms with E-state index < -0.39 is 0 Å². The van der Waals surface area contributed by atoms with E-state index in [1.54, 1.807) is 30.2 Å². The average Bonchev–Trinajstić information content (AvgIpc) is 3.30. The molecule has 9 heteroatoms. The third-order valence-corrected chi connectivity index (χ3v) is 5.63. The number of piperazine rings is 1. The maximum absolute atomic E-state index is 12.7. The lowest BCUT2D eigenvalue weighted by molar-refractivity contribution is 0.208. The number of anilines is 2. The summed E-state index contributed by atoms with van der Waals surface area (Å²) in [6, 6.07) is 13.1. The maximum atomic E-state index is 12.7. The Morgan fingerprint density at radius 2 is 1.84 bits per heavy atom. The van der Waals surface area contributed by atoms with Crippen molar-refractivity contribution in [3.05, 3.63) is 53.4 Å². The van der Waals surface area contributed by atoms with Crippen molar-refractivity contribution in [1.29, 1.82) is 0 Å². The minimum Gasteiger partial charge on any atom is -0.495 e. The summed E-state index contributed by atoms with van der Waals surface area (Å²) in [5.41, 5.74) is 2.57. The van der Waals surface area contributed by atoms with Gasteiger partial charge in [-0.05, 0) is 42.5 Å².